The molecule has 1 aromatic heterocycles. The standard InChI is InChI=1S/C25H24ClN5O5S2/c1-14-12-21(30-36-14)31-38(34,35)20-10-8-19(9-11-20)28-22(33)13-37-25-27-15(2)23(16(3)32)24(29-25)17-4-6-18(26)7-5-17/h4-12,24H,13H2,1-3H3,(H,27,29)(H,28,33)(H,30,31). The number of amidine groups is 1. The molecule has 3 N–H and O–H groups in total. The van der Waals surface area contributed by atoms with E-state index in [0.717, 1.165) is 5.56 Å². The number of allylic oxidation sites excluding steroid dienone is 1. The van der Waals surface area contributed by atoms with Gasteiger partial charge in [-0.25, -0.2) is 13.4 Å². The quantitative estimate of drug-likeness (QED) is 0.353. The average Bonchev–Trinajstić information content (AvgIpc) is 3.26. The molecule has 2 aromatic carbocycles. The molecule has 38 heavy (non-hydrogen) atoms. The number of nitrogens with zero attached hydrogens (tertiary/aromatic N) is 2. The third-order valence-corrected chi connectivity index (χ3v) is 7.95. The maximum Gasteiger partial charge on any atom is 0.263 e. The van der Waals surface area contributed by atoms with Gasteiger partial charge in [-0.3, -0.25) is 14.3 Å². The second kappa shape index (κ2) is 11.4. The van der Waals surface area contributed by atoms with Crippen LogP contribution in [0.5, 0.6) is 0 Å². The van der Waals surface area contributed by atoms with E-state index < -0.39 is 16.1 Å². The predicted molar refractivity (Wildman–Crippen MR) is 148 cm³/mol. The van der Waals surface area contributed by atoms with Gasteiger partial charge < -0.3 is 15.2 Å². The van der Waals surface area contributed by atoms with E-state index in [9.17, 15) is 18.0 Å². The molecule has 13 heteroatoms. The van der Waals surface area contributed by atoms with Crippen molar-refractivity contribution in [2.45, 2.75) is 31.7 Å². The van der Waals surface area contributed by atoms with Gasteiger partial charge in [-0.1, -0.05) is 40.7 Å². The van der Waals surface area contributed by atoms with E-state index in [1.54, 1.807) is 26.0 Å². The second-order valence-electron chi connectivity index (χ2n) is 8.40. The van der Waals surface area contributed by atoms with Gasteiger partial charge in [0.2, 0.25) is 5.91 Å². The molecule has 0 radical (unpaired) electrons. The van der Waals surface area contributed by atoms with Gasteiger partial charge in [-0.2, -0.15) is 0 Å². The molecule has 0 aliphatic carbocycles. The van der Waals surface area contributed by atoms with Crippen molar-refractivity contribution in [1.82, 2.24) is 10.5 Å². The van der Waals surface area contributed by atoms with Gasteiger partial charge in [0.1, 0.15) is 11.8 Å². The van der Waals surface area contributed by atoms with E-state index in [1.807, 2.05) is 12.1 Å². The summed E-state index contributed by atoms with van der Waals surface area (Å²) in [6.07, 6.45) is 0. The van der Waals surface area contributed by atoms with Crippen LogP contribution in [-0.2, 0) is 19.6 Å². The maximum atomic E-state index is 12.6. The Hall–Kier alpha value is -3.61. The molecule has 0 spiro atoms. The molecule has 1 aliphatic rings. The van der Waals surface area contributed by atoms with Crippen molar-refractivity contribution in [2.75, 3.05) is 15.8 Å². The molecule has 1 atom stereocenters. The van der Waals surface area contributed by atoms with Crippen molar-refractivity contribution in [3.63, 3.8) is 0 Å². The molecule has 1 amide bonds. The van der Waals surface area contributed by atoms with Crippen molar-refractivity contribution < 1.29 is 22.5 Å². The number of benzene rings is 2. The monoisotopic (exact) mass is 573 g/mol. The normalized spacial score (nSPS) is 15.5. The van der Waals surface area contributed by atoms with Crippen molar-refractivity contribution >= 4 is 61.7 Å². The molecule has 4 rings (SSSR count). The van der Waals surface area contributed by atoms with Crippen LogP contribution in [0.4, 0.5) is 11.5 Å². The number of sulfonamides is 1. The van der Waals surface area contributed by atoms with Gasteiger partial charge in [0.05, 0.1) is 10.6 Å². The van der Waals surface area contributed by atoms with Gasteiger partial charge in [-0.05, 0) is 62.7 Å². The number of rotatable bonds is 8. The van der Waals surface area contributed by atoms with Gasteiger partial charge in [0, 0.05) is 28.0 Å². The highest BCUT2D eigenvalue weighted by atomic mass is 35.5. The number of ketones is 1. The summed E-state index contributed by atoms with van der Waals surface area (Å²) in [6.45, 7) is 4.94. The van der Waals surface area contributed by atoms with Crippen molar-refractivity contribution in [2.24, 2.45) is 4.99 Å². The van der Waals surface area contributed by atoms with Crippen LogP contribution in [0.3, 0.4) is 0 Å². The number of carbonyl (C=O) groups is 2. The number of aliphatic imine (C=N–C) groups is 1. The number of halogens is 1. The molecule has 10 nitrogen and oxygen atoms in total. The maximum absolute atomic E-state index is 12.6. The van der Waals surface area contributed by atoms with E-state index >= 15 is 0 Å². The Bertz CT molecular complexity index is 1530. The van der Waals surface area contributed by atoms with Crippen LogP contribution in [0.1, 0.15) is 31.2 Å². The average molecular weight is 574 g/mol. The predicted octanol–water partition coefficient (Wildman–Crippen LogP) is 4.67. The van der Waals surface area contributed by atoms with E-state index in [4.69, 9.17) is 16.1 Å². The fraction of sp³-hybridized carbons (Fsp3) is 0.200. The number of hydrogen-bond acceptors (Lipinski definition) is 9. The number of carbonyl (C=O) groups excluding carboxylic acids is 2. The first-order chi connectivity index (χ1) is 18.0. The lowest BCUT2D eigenvalue weighted by Gasteiger charge is -2.25. The third-order valence-electron chi connectivity index (χ3n) is 5.44. The Kier molecular flexibility index (Phi) is 8.24. The van der Waals surface area contributed by atoms with E-state index in [2.05, 4.69) is 25.5 Å². The van der Waals surface area contributed by atoms with Crippen molar-refractivity contribution in [1.29, 1.82) is 0 Å². The van der Waals surface area contributed by atoms with Crippen LogP contribution in [-0.4, -0.2) is 36.2 Å². The molecule has 2 heterocycles. The first kappa shape index (κ1) is 27.4. The molecule has 0 saturated heterocycles. The topological polar surface area (TPSA) is 143 Å². The minimum absolute atomic E-state index is 0.00284. The number of anilines is 2. The lowest BCUT2D eigenvalue weighted by atomic mass is 9.94. The first-order valence-electron chi connectivity index (χ1n) is 11.3. The molecule has 3 aromatic rings. The molecule has 0 saturated carbocycles. The van der Waals surface area contributed by atoms with Crippen LogP contribution in [0.2, 0.25) is 5.02 Å². The summed E-state index contributed by atoms with van der Waals surface area (Å²) in [5, 5.41) is 10.5. The molecule has 1 aliphatic heterocycles. The molecule has 1 unspecified atom stereocenters. The number of amides is 1. The summed E-state index contributed by atoms with van der Waals surface area (Å²) in [7, 11) is -3.87. The Balaban J connectivity index is 1.39. The summed E-state index contributed by atoms with van der Waals surface area (Å²) >= 11 is 7.20. The highest BCUT2D eigenvalue weighted by molar-refractivity contribution is 8.14. The van der Waals surface area contributed by atoms with Gasteiger partial charge in [-0.15, -0.1) is 0 Å². The summed E-state index contributed by atoms with van der Waals surface area (Å²) < 4.78 is 32.2. The zero-order valence-corrected chi connectivity index (χ0v) is 23.0. The number of aromatic nitrogens is 1. The van der Waals surface area contributed by atoms with E-state index in [0.29, 0.717) is 32.9 Å². The number of aryl methyl sites for hydroxylation is 1. The lowest BCUT2D eigenvalue weighted by molar-refractivity contribution is -0.114. The third kappa shape index (κ3) is 6.63. The Morgan fingerprint density at radius 3 is 2.39 bits per heavy atom. The van der Waals surface area contributed by atoms with Crippen LogP contribution in [0, 0.1) is 6.92 Å². The summed E-state index contributed by atoms with van der Waals surface area (Å²) in [4.78, 5) is 29.6. The zero-order valence-electron chi connectivity index (χ0n) is 20.6. The molecule has 0 fully saturated rings. The minimum Gasteiger partial charge on any atom is -0.360 e. The molecule has 198 valence electrons. The lowest BCUT2D eigenvalue weighted by Crippen LogP contribution is -2.30. The van der Waals surface area contributed by atoms with Crippen LogP contribution < -0.4 is 15.4 Å². The van der Waals surface area contributed by atoms with Crippen LogP contribution in [0.25, 0.3) is 0 Å². The van der Waals surface area contributed by atoms with Gasteiger partial charge >= 0.3 is 0 Å². The SMILES string of the molecule is CC(=O)C1=C(C)NC(SCC(=O)Nc2ccc(S(=O)(=O)Nc3cc(C)on3)cc2)=NC1c1ccc(Cl)cc1. The molecular formula is C25H24ClN5O5S2. The fourth-order valence-corrected chi connectivity index (χ4v) is 5.58. The number of Topliss-reactive ketones (excluding diaryl/α,β-unsaturated/α-hetero) is 1. The number of hydrogen-bond donors (Lipinski definition) is 3. The highest BCUT2D eigenvalue weighted by Crippen LogP contribution is 2.33. The van der Waals surface area contributed by atoms with Crippen LogP contribution in [0.15, 0.2) is 80.3 Å². The largest absolute Gasteiger partial charge is 0.360 e. The molecule has 0 bridgehead atoms. The minimum atomic E-state index is -3.87. The summed E-state index contributed by atoms with van der Waals surface area (Å²) in [5.74, 6) is 0.175. The van der Waals surface area contributed by atoms with E-state index in [-0.39, 0.29) is 28.2 Å². The Morgan fingerprint density at radius 2 is 1.79 bits per heavy atom. The molecular weight excluding hydrogens is 550 g/mol. The van der Waals surface area contributed by atoms with Gasteiger partial charge in [0.15, 0.2) is 16.8 Å². The van der Waals surface area contributed by atoms with Crippen molar-refractivity contribution in [3.8, 4) is 0 Å². The second-order valence-corrected chi connectivity index (χ2v) is 11.5. The van der Waals surface area contributed by atoms with Crippen LogP contribution >= 0.6 is 23.4 Å². The number of nitrogens with one attached hydrogen (secondary N) is 3. The highest BCUT2D eigenvalue weighted by Gasteiger charge is 2.27. The zero-order chi connectivity index (χ0) is 27.4. The number of thioether (sulfide) groups is 1. The fourth-order valence-electron chi connectivity index (χ4n) is 3.72. The summed E-state index contributed by atoms with van der Waals surface area (Å²) in [6, 6.07) is 13.8. The Morgan fingerprint density at radius 1 is 1.11 bits per heavy atom. The van der Waals surface area contributed by atoms with Crippen molar-refractivity contribution in [3.05, 3.63) is 82.2 Å². The van der Waals surface area contributed by atoms with E-state index in [1.165, 1.54) is 49.0 Å². The smallest absolute Gasteiger partial charge is 0.263 e. The van der Waals surface area contributed by atoms with Gasteiger partial charge in [0.25, 0.3) is 10.0 Å². The first-order valence-corrected chi connectivity index (χ1v) is 14.2. The summed E-state index contributed by atoms with van der Waals surface area (Å²) in [5.41, 5.74) is 2.46. The Labute approximate surface area is 229 Å².